The number of allylic oxidation sites excluding steroid dienone is 1. The maximum absolute atomic E-state index is 12.5. The standard InChI is InChI=1S/C12H19F/c1-3-5-6-7-8-9-10-11-12(13)4-2/h2-3,12H,1,5-11H2/t12-/m1/s1. The topological polar surface area (TPSA) is 0 Å². The van der Waals surface area contributed by atoms with Crippen LogP contribution in [0, 0.1) is 12.3 Å². The molecule has 0 radical (unpaired) electrons. The zero-order valence-corrected chi connectivity index (χ0v) is 8.27. The third-order valence-corrected chi connectivity index (χ3v) is 2.05. The maximum atomic E-state index is 12.5. The Hall–Kier alpha value is -0.770. The lowest BCUT2D eigenvalue weighted by molar-refractivity contribution is 0.376. The molecule has 0 saturated carbocycles. The fraction of sp³-hybridized carbons (Fsp3) is 0.667. The Morgan fingerprint density at radius 3 is 2.46 bits per heavy atom. The molecule has 0 aliphatic carbocycles. The fourth-order valence-corrected chi connectivity index (χ4v) is 1.23. The summed E-state index contributed by atoms with van der Waals surface area (Å²) in [7, 11) is 0. The van der Waals surface area contributed by atoms with E-state index in [4.69, 9.17) is 6.42 Å². The van der Waals surface area contributed by atoms with Gasteiger partial charge in [0.05, 0.1) is 0 Å². The Morgan fingerprint density at radius 2 is 1.85 bits per heavy atom. The number of hydrogen-bond donors (Lipinski definition) is 0. The van der Waals surface area contributed by atoms with Gasteiger partial charge < -0.3 is 0 Å². The van der Waals surface area contributed by atoms with E-state index in [1.165, 1.54) is 19.3 Å². The van der Waals surface area contributed by atoms with E-state index in [0.717, 1.165) is 19.3 Å². The molecule has 13 heavy (non-hydrogen) atoms. The summed E-state index contributed by atoms with van der Waals surface area (Å²) in [6.45, 7) is 3.66. The second-order valence-electron chi connectivity index (χ2n) is 3.27. The third-order valence-electron chi connectivity index (χ3n) is 2.05. The van der Waals surface area contributed by atoms with Crippen LogP contribution in [0.4, 0.5) is 4.39 Å². The van der Waals surface area contributed by atoms with E-state index < -0.39 is 6.17 Å². The normalized spacial score (nSPS) is 12.0. The van der Waals surface area contributed by atoms with Gasteiger partial charge in [-0.1, -0.05) is 31.3 Å². The van der Waals surface area contributed by atoms with Crippen LogP contribution < -0.4 is 0 Å². The molecule has 0 amide bonds. The smallest absolute Gasteiger partial charge is 0.160 e. The molecule has 0 fully saturated rings. The largest absolute Gasteiger partial charge is 0.233 e. The molecule has 0 aromatic rings. The summed E-state index contributed by atoms with van der Waals surface area (Å²) in [5.74, 6) is 2.10. The second-order valence-corrected chi connectivity index (χ2v) is 3.27. The fourth-order valence-electron chi connectivity index (χ4n) is 1.23. The molecule has 0 N–H and O–H groups in total. The highest BCUT2D eigenvalue weighted by Gasteiger charge is 1.99. The molecule has 0 aromatic heterocycles. The molecule has 1 atom stereocenters. The van der Waals surface area contributed by atoms with Crippen molar-refractivity contribution in [2.75, 3.05) is 0 Å². The van der Waals surface area contributed by atoms with Gasteiger partial charge in [-0.2, -0.15) is 0 Å². The minimum atomic E-state index is -1.03. The van der Waals surface area contributed by atoms with E-state index in [0.29, 0.717) is 6.42 Å². The van der Waals surface area contributed by atoms with Gasteiger partial charge in [0.25, 0.3) is 0 Å². The Morgan fingerprint density at radius 1 is 1.23 bits per heavy atom. The van der Waals surface area contributed by atoms with Gasteiger partial charge in [-0.25, -0.2) is 4.39 Å². The summed E-state index contributed by atoms with van der Waals surface area (Å²) in [6.07, 6.45) is 13.1. The molecule has 0 aliphatic heterocycles. The van der Waals surface area contributed by atoms with Gasteiger partial charge in [0.15, 0.2) is 6.17 Å². The molecular formula is C12H19F. The van der Waals surface area contributed by atoms with Gasteiger partial charge >= 0.3 is 0 Å². The first-order valence-corrected chi connectivity index (χ1v) is 5.02. The number of alkyl halides is 1. The van der Waals surface area contributed by atoms with Crippen molar-refractivity contribution in [3.8, 4) is 12.3 Å². The van der Waals surface area contributed by atoms with Crippen LogP contribution in [0.3, 0.4) is 0 Å². The highest BCUT2D eigenvalue weighted by Crippen LogP contribution is 2.09. The molecule has 1 heteroatoms. The van der Waals surface area contributed by atoms with Crippen molar-refractivity contribution in [1.82, 2.24) is 0 Å². The molecule has 0 bridgehead atoms. The molecule has 0 aromatic carbocycles. The Balaban J connectivity index is 3.00. The van der Waals surface area contributed by atoms with Crippen LogP contribution in [0.15, 0.2) is 12.7 Å². The van der Waals surface area contributed by atoms with Crippen LogP contribution in [-0.4, -0.2) is 6.17 Å². The average molecular weight is 182 g/mol. The summed E-state index contributed by atoms with van der Waals surface area (Å²) < 4.78 is 12.5. The zero-order chi connectivity index (χ0) is 9.94. The Labute approximate surface area is 81.2 Å². The number of unbranched alkanes of at least 4 members (excludes halogenated alkanes) is 5. The number of rotatable bonds is 8. The maximum Gasteiger partial charge on any atom is 0.160 e. The first-order chi connectivity index (χ1) is 6.31. The molecule has 0 unspecified atom stereocenters. The SMILES string of the molecule is C#C[C@@H](F)CCCCCCCC=C. The van der Waals surface area contributed by atoms with Crippen molar-refractivity contribution in [2.24, 2.45) is 0 Å². The van der Waals surface area contributed by atoms with Crippen molar-refractivity contribution >= 4 is 0 Å². The van der Waals surface area contributed by atoms with E-state index in [1.807, 2.05) is 6.08 Å². The van der Waals surface area contributed by atoms with Crippen LogP contribution in [0.1, 0.15) is 44.9 Å². The van der Waals surface area contributed by atoms with Crippen LogP contribution in [0.2, 0.25) is 0 Å². The summed E-state index contributed by atoms with van der Waals surface area (Å²) in [4.78, 5) is 0. The quantitative estimate of drug-likeness (QED) is 0.303. The first kappa shape index (κ1) is 12.2. The number of hydrogen-bond acceptors (Lipinski definition) is 0. The lowest BCUT2D eigenvalue weighted by Gasteiger charge is -2.00. The predicted molar refractivity (Wildman–Crippen MR) is 56.2 cm³/mol. The first-order valence-electron chi connectivity index (χ1n) is 5.02. The van der Waals surface area contributed by atoms with Gasteiger partial charge in [0, 0.05) is 0 Å². The van der Waals surface area contributed by atoms with Crippen molar-refractivity contribution in [1.29, 1.82) is 0 Å². The molecule has 74 valence electrons. The van der Waals surface area contributed by atoms with Gasteiger partial charge in [-0.3, -0.25) is 0 Å². The van der Waals surface area contributed by atoms with Gasteiger partial charge in [-0.15, -0.1) is 13.0 Å². The van der Waals surface area contributed by atoms with Crippen LogP contribution in [0.5, 0.6) is 0 Å². The minimum Gasteiger partial charge on any atom is -0.233 e. The number of terminal acetylenes is 1. The van der Waals surface area contributed by atoms with Crippen LogP contribution in [-0.2, 0) is 0 Å². The highest BCUT2D eigenvalue weighted by atomic mass is 19.1. The van der Waals surface area contributed by atoms with E-state index in [1.54, 1.807) is 0 Å². The monoisotopic (exact) mass is 182 g/mol. The lowest BCUT2D eigenvalue weighted by atomic mass is 10.1. The van der Waals surface area contributed by atoms with E-state index in [9.17, 15) is 4.39 Å². The molecule has 0 rings (SSSR count). The molecule has 0 heterocycles. The van der Waals surface area contributed by atoms with Crippen LogP contribution in [0.25, 0.3) is 0 Å². The average Bonchev–Trinajstić information content (AvgIpc) is 2.16. The van der Waals surface area contributed by atoms with Gasteiger partial charge in [-0.05, 0) is 25.7 Å². The highest BCUT2D eigenvalue weighted by molar-refractivity contribution is 4.93. The summed E-state index contributed by atoms with van der Waals surface area (Å²) in [5.41, 5.74) is 0. The van der Waals surface area contributed by atoms with Crippen LogP contribution >= 0.6 is 0 Å². The lowest BCUT2D eigenvalue weighted by Crippen LogP contribution is -1.94. The second kappa shape index (κ2) is 9.32. The van der Waals surface area contributed by atoms with E-state index >= 15 is 0 Å². The van der Waals surface area contributed by atoms with Crippen molar-refractivity contribution in [3.05, 3.63) is 12.7 Å². The number of halogens is 1. The third kappa shape index (κ3) is 9.14. The van der Waals surface area contributed by atoms with E-state index in [2.05, 4.69) is 12.5 Å². The summed E-state index contributed by atoms with van der Waals surface area (Å²) in [5, 5.41) is 0. The molecule has 0 spiro atoms. The molecule has 0 saturated heterocycles. The van der Waals surface area contributed by atoms with E-state index in [-0.39, 0.29) is 0 Å². The molecule has 0 nitrogen and oxygen atoms in total. The van der Waals surface area contributed by atoms with Gasteiger partial charge in [0.1, 0.15) is 0 Å². The van der Waals surface area contributed by atoms with Gasteiger partial charge in [0.2, 0.25) is 0 Å². The Kier molecular flexibility index (Phi) is 8.77. The molecule has 0 aliphatic rings. The van der Waals surface area contributed by atoms with Crippen molar-refractivity contribution in [2.45, 2.75) is 51.1 Å². The van der Waals surface area contributed by atoms with Crippen molar-refractivity contribution < 1.29 is 4.39 Å². The molecular weight excluding hydrogens is 163 g/mol. The minimum absolute atomic E-state index is 0.526. The Bertz CT molecular complexity index is 155. The summed E-state index contributed by atoms with van der Waals surface area (Å²) >= 11 is 0. The summed E-state index contributed by atoms with van der Waals surface area (Å²) in [6, 6.07) is 0. The predicted octanol–water partition coefficient (Wildman–Crippen LogP) is 3.87. The zero-order valence-electron chi connectivity index (χ0n) is 8.27. The van der Waals surface area contributed by atoms with Crippen molar-refractivity contribution in [3.63, 3.8) is 0 Å².